The van der Waals surface area contributed by atoms with Crippen molar-refractivity contribution in [3.05, 3.63) is 59.9 Å². The van der Waals surface area contributed by atoms with Gasteiger partial charge in [-0.25, -0.2) is 0 Å². The predicted molar refractivity (Wildman–Crippen MR) is 68.1 cm³/mol. The molecule has 1 aromatic carbocycles. The maximum Gasteiger partial charge on any atom is 0.0407 e. The second-order valence-electron chi connectivity index (χ2n) is 3.46. The summed E-state index contributed by atoms with van der Waals surface area (Å²) in [4.78, 5) is 5.30. The summed E-state index contributed by atoms with van der Waals surface area (Å²) in [6.45, 7) is 0.569. The quantitative estimate of drug-likeness (QED) is 0.821. The van der Waals surface area contributed by atoms with Crippen LogP contribution >= 0.6 is 11.8 Å². The lowest BCUT2D eigenvalue weighted by molar-refractivity contribution is 1.00. The van der Waals surface area contributed by atoms with Gasteiger partial charge in [0.25, 0.3) is 0 Å². The van der Waals surface area contributed by atoms with Gasteiger partial charge in [-0.2, -0.15) is 0 Å². The van der Waals surface area contributed by atoms with E-state index >= 15 is 0 Å². The number of rotatable bonds is 4. The predicted octanol–water partition coefficient (Wildman–Crippen LogP) is 2.83. The van der Waals surface area contributed by atoms with Crippen LogP contribution in [0.5, 0.6) is 0 Å². The van der Waals surface area contributed by atoms with Gasteiger partial charge in [0, 0.05) is 29.6 Å². The van der Waals surface area contributed by atoms with Crippen molar-refractivity contribution < 1.29 is 0 Å². The second-order valence-corrected chi connectivity index (χ2v) is 4.48. The Hall–Kier alpha value is -1.32. The molecule has 0 aliphatic carbocycles. The van der Waals surface area contributed by atoms with E-state index in [1.165, 1.54) is 10.5 Å². The number of hydrogen-bond acceptors (Lipinski definition) is 3. The molecular weight excluding hydrogens is 216 g/mol. The maximum absolute atomic E-state index is 5.68. The molecule has 0 bridgehead atoms. The van der Waals surface area contributed by atoms with Gasteiger partial charge in [-0.05, 0) is 17.2 Å². The molecule has 2 rings (SSSR count). The molecule has 0 aliphatic rings. The molecule has 0 amide bonds. The van der Waals surface area contributed by atoms with Gasteiger partial charge in [0.15, 0.2) is 0 Å². The summed E-state index contributed by atoms with van der Waals surface area (Å²) in [7, 11) is 0. The molecule has 0 saturated carbocycles. The fourth-order valence-electron chi connectivity index (χ4n) is 1.44. The molecule has 0 unspecified atom stereocenters. The van der Waals surface area contributed by atoms with Gasteiger partial charge >= 0.3 is 0 Å². The Labute approximate surface area is 99.9 Å². The highest BCUT2D eigenvalue weighted by atomic mass is 32.2. The molecule has 3 heteroatoms. The van der Waals surface area contributed by atoms with E-state index < -0.39 is 0 Å². The highest BCUT2D eigenvalue weighted by Gasteiger charge is 2.01. The van der Waals surface area contributed by atoms with Gasteiger partial charge in [-0.3, -0.25) is 4.98 Å². The standard InChI is InChI=1S/C13H14N2S/c14-8-12-6-7-15-9-13(12)16-10-11-4-2-1-3-5-11/h1-7,9H,8,10,14H2. The molecule has 2 nitrogen and oxygen atoms in total. The van der Waals surface area contributed by atoms with Crippen LogP contribution in [0.3, 0.4) is 0 Å². The summed E-state index contributed by atoms with van der Waals surface area (Å²) in [5.41, 5.74) is 8.16. The first-order valence-electron chi connectivity index (χ1n) is 5.20. The van der Waals surface area contributed by atoms with Crippen molar-refractivity contribution in [2.24, 2.45) is 5.73 Å². The molecule has 1 aromatic heterocycles. The molecule has 0 radical (unpaired) electrons. The first-order valence-corrected chi connectivity index (χ1v) is 6.18. The Bertz CT molecular complexity index is 443. The van der Waals surface area contributed by atoms with E-state index in [0.29, 0.717) is 6.54 Å². The minimum absolute atomic E-state index is 0.569. The summed E-state index contributed by atoms with van der Waals surface area (Å²) in [5.74, 6) is 0.958. The van der Waals surface area contributed by atoms with Crippen molar-refractivity contribution in [2.75, 3.05) is 0 Å². The van der Waals surface area contributed by atoms with Gasteiger partial charge in [0.2, 0.25) is 0 Å². The minimum Gasteiger partial charge on any atom is -0.326 e. The molecule has 0 atom stereocenters. The Morgan fingerprint density at radius 3 is 2.69 bits per heavy atom. The van der Waals surface area contributed by atoms with E-state index in [4.69, 9.17) is 5.73 Å². The molecule has 0 fully saturated rings. The van der Waals surface area contributed by atoms with Crippen molar-refractivity contribution in [1.29, 1.82) is 0 Å². The van der Waals surface area contributed by atoms with Gasteiger partial charge in [0.05, 0.1) is 0 Å². The zero-order valence-corrected chi connectivity index (χ0v) is 9.78. The summed E-state index contributed by atoms with van der Waals surface area (Å²) < 4.78 is 0. The molecule has 1 heterocycles. The van der Waals surface area contributed by atoms with Crippen molar-refractivity contribution >= 4 is 11.8 Å². The van der Waals surface area contributed by atoms with Crippen LogP contribution < -0.4 is 5.73 Å². The highest BCUT2D eigenvalue weighted by Crippen LogP contribution is 2.24. The highest BCUT2D eigenvalue weighted by molar-refractivity contribution is 7.98. The molecule has 2 N–H and O–H groups in total. The number of hydrogen-bond donors (Lipinski definition) is 1. The van der Waals surface area contributed by atoms with Crippen LogP contribution in [0.2, 0.25) is 0 Å². The normalized spacial score (nSPS) is 10.3. The third-order valence-electron chi connectivity index (χ3n) is 2.33. The van der Waals surface area contributed by atoms with Crippen LogP contribution in [0.4, 0.5) is 0 Å². The summed E-state index contributed by atoms with van der Waals surface area (Å²) in [6, 6.07) is 12.4. The maximum atomic E-state index is 5.68. The van der Waals surface area contributed by atoms with Crippen molar-refractivity contribution in [3.63, 3.8) is 0 Å². The minimum atomic E-state index is 0.569. The van der Waals surface area contributed by atoms with E-state index in [0.717, 1.165) is 11.3 Å². The molecular formula is C13H14N2S. The van der Waals surface area contributed by atoms with Crippen LogP contribution in [0.15, 0.2) is 53.7 Å². The van der Waals surface area contributed by atoms with E-state index in [2.05, 4.69) is 29.2 Å². The molecule has 0 spiro atoms. The monoisotopic (exact) mass is 230 g/mol. The fraction of sp³-hybridized carbons (Fsp3) is 0.154. The van der Waals surface area contributed by atoms with Crippen LogP contribution in [-0.2, 0) is 12.3 Å². The van der Waals surface area contributed by atoms with E-state index in [-0.39, 0.29) is 0 Å². The van der Waals surface area contributed by atoms with Crippen LogP contribution in [-0.4, -0.2) is 4.98 Å². The summed E-state index contributed by atoms with van der Waals surface area (Å²) in [5, 5.41) is 0. The van der Waals surface area contributed by atoms with Crippen LogP contribution in [0.25, 0.3) is 0 Å². The van der Waals surface area contributed by atoms with E-state index in [1.54, 1.807) is 18.0 Å². The van der Waals surface area contributed by atoms with Gasteiger partial charge in [-0.1, -0.05) is 30.3 Å². The molecule has 82 valence electrons. The fourth-order valence-corrected chi connectivity index (χ4v) is 2.43. The van der Waals surface area contributed by atoms with Crippen LogP contribution in [0.1, 0.15) is 11.1 Å². The topological polar surface area (TPSA) is 38.9 Å². The first-order chi connectivity index (χ1) is 7.90. The number of pyridine rings is 1. The Morgan fingerprint density at radius 1 is 1.12 bits per heavy atom. The number of benzene rings is 1. The smallest absolute Gasteiger partial charge is 0.0407 e. The lowest BCUT2D eigenvalue weighted by atomic mass is 10.2. The third-order valence-corrected chi connectivity index (χ3v) is 3.48. The number of thioether (sulfide) groups is 1. The van der Waals surface area contributed by atoms with Crippen molar-refractivity contribution in [1.82, 2.24) is 4.98 Å². The van der Waals surface area contributed by atoms with Gasteiger partial charge in [0.1, 0.15) is 0 Å². The Kier molecular flexibility index (Phi) is 3.97. The third kappa shape index (κ3) is 2.84. The Balaban J connectivity index is 2.05. The van der Waals surface area contributed by atoms with Gasteiger partial charge < -0.3 is 5.73 Å². The second kappa shape index (κ2) is 5.68. The number of nitrogens with zero attached hydrogens (tertiary/aromatic N) is 1. The van der Waals surface area contributed by atoms with Gasteiger partial charge in [-0.15, -0.1) is 11.8 Å². The lowest BCUT2D eigenvalue weighted by Crippen LogP contribution is -1.98. The molecule has 0 saturated heterocycles. The molecule has 0 aliphatic heterocycles. The Morgan fingerprint density at radius 2 is 1.94 bits per heavy atom. The number of nitrogens with two attached hydrogens (primary N) is 1. The largest absolute Gasteiger partial charge is 0.326 e. The number of aromatic nitrogens is 1. The van der Waals surface area contributed by atoms with Crippen molar-refractivity contribution in [3.8, 4) is 0 Å². The van der Waals surface area contributed by atoms with E-state index in [1.807, 2.05) is 18.3 Å². The first kappa shape index (κ1) is 11.2. The average Bonchev–Trinajstić information content (AvgIpc) is 2.38. The molecule has 2 aromatic rings. The SMILES string of the molecule is NCc1ccncc1SCc1ccccc1. The molecule has 16 heavy (non-hydrogen) atoms. The van der Waals surface area contributed by atoms with E-state index in [9.17, 15) is 0 Å². The zero-order valence-electron chi connectivity index (χ0n) is 8.97. The average molecular weight is 230 g/mol. The van der Waals surface area contributed by atoms with Crippen molar-refractivity contribution in [2.45, 2.75) is 17.2 Å². The zero-order chi connectivity index (χ0) is 11.2. The lowest BCUT2D eigenvalue weighted by Gasteiger charge is -2.06. The van der Waals surface area contributed by atoms with Crippen LogP contribution in [0, 0.1) is 0 Å². The summed E-state index contributed by atoms with van der Waals surface area (Å²) in [6.07, 6.45) is 3.67. The summed E-state index contributed by atoms with van der Waals surface area (Å²) >= 11 is 1.78.